The summed E-state index contributed by atoms with van der Waals surface area (Å²) in [4.78, 5) is 29.0. The van der Waals surface area contributed by atoms with Crippen LogP contribution >= 0.6 is 11.6 Å². The Morgan fingerprint density at radius 3 is 2.44 bits per heavy atom. The highest BCUT2D eigenvalue weighted by atomic mass is 35.5. The Bertz CT molecular complexity index is 1770. The molecule has 8 heteroatoms. The summed E-state index contributed by atoms with van der Waals surface area (Å²) in [6.45, 7) is 0.333. The number of benzene rings is 4. The van der Waals surface area contributed by atoms with E-state index in [0.717, 1.165) is 5.56 Å². The lowest BCUT2D eigenvalue weighted by Crippen LogP contribution is -2.29. The first kappa shape index (κ1) is 24.7. The first-order valence-electron chi connectivity index (χ1n) is 12.1. The van der Waals surface area contributed by atoms with E-state index in [1.54, 1.807) is 30.3 Å². The zero-order chi connectivity index (χ0) is 27.1. The van der Waals surface area contributed by atoms with Crippen LogP contribution < -0.4 is 19.8 Å². The Morgan fingerprint density at radius 1 is 0.923 bits per heavy atom. The van der Waals surface area contributed by atoms with Crippen LogP contribution in [0.1, 0.15) is 33.3 Å². The molecule has 0 saturated carbocycles. The summed E-state index contributed by atoms with van der Waals surface area (Å²) in [6.07, 6.45) is 0. The van der Waals surface area contributed by atoms with E-state index in [1.165, 1.54) is 42.3 Å². The number of amides is 1. The monoisotopic (exact) mass is 541 g/mol. The van der Waals surface area contributed by atoms with E-state index in [9.17, 15) is 14.0 Å². The van der Waals surface area contributed by atoms with Crippen LogP contribution in [0, 0.1) is 5.82 Å². The number of halogens is 2. The number of nitrogens with zero attached hydrogens (tertiary/aromatic N) is 1. The lowest BCUT2D eigenvalue weighted by Gasteiger charge is -2.26. The minimum absolute atomic E-state index is 0.0764. The van der Waals surface area contributed by atoms with Gasteiger partial charge in [-0.1, -0.05) is 48.0 Å². The molecule has 194 valence electrons. The molecule has 1 aliphatic heterocycles. The number of carbonyl (C=O) groups excluding carboxylic acids is 1. The van der Waals surface area contributed by atoms with Gasteiger partial charge in [-0.05, 0) is 65.7 Å². The Kier molecular flexibility index (Phi) is 6.29. The third kappa shape index (κ3) is 4.41. The zero-order valence-corrected chi connectivity index (χ0v) is 21.4. The largest absolute Gasteiger partial charge is 0.493 e. The van der Waals surface area contributed by atoms with Crippen molar-refractivity contribution in [1.29, 1.82) is 0 Å². The second-order valence-corrected chi connectivity index (χ2v) is 9.49. The highest BCUT2D eigenvalue weighted by molar-refractivity contribution is 6.31. The topological polar surface area (TPSA) is 69.0 Å². The van der Waals surface area contributed by atoms with Gasteiger partial charge in [0.1, 0.15) is 18.0 Å². The van der Waals surface area contributed by atoms with Crippen LogP contribution in [0.2, 0.25) is 5.02 Å². The number of fused-ring (bicyclic) bond motifs is 2. The molecule has 0 saturated heterocycles. The molecule has 0 aliphatic carbocycles. The van der Waals surface area contributed by atoms with Crippen molar-refractivity contribution in [2.45, 2.75) is 12.6 Å². The average molecular weight is 542 g/mol. The van der Waals surface area contributed by atoms with Crippen molar-refractivity contribution in [3.05, 3.63) is 135 Å². The fourth-order valence-corrected chi connectivity index (χ4v) is 5.01. The second kappa shape index (κ2) is 9.93. The number of ether oxygens (including phenoxy) is 2. The van der Waals surface area contributed by atoms with Crippen molar-refractivity contribution in [2.24, 2.45) is 0 Å². The third-order valence-corrected chi connectivity index (χ3v) is 6.91. The van der Waals surface area contributed by atoms with Gasteiger partial charge in [-0.2, -0.15) is 0 Å². The van der Waals surface area contributed by atoms with Crippen molar-refractivity contribution in [3.8, 4) is 11.5 Å². The number of hydrogen-bond donors (Lipinski definition) is 0. The van der Waals surface area contributed by atoms with Crippen LogP contribution in [0.3, 0.4) is 0 Å². The highest BCUT2D eigenvalue weighted by Crippen LogP contribution is 2.43. The maximum atomic E-state index is 13.8. The fourth-order valence-electron chi connectivity index (χ4n) is 4.84. The van der Waals surface area contributed by atoms with Crippen molar-refractivity contribution in [1.82, 2.24) is 0 Å². The predicted molar refractivity (Wildman–Crippen MR) is 146 cm³/mol. The summed E-state index contributed by atoms with van der Waals surface area (Å²) >= 11 is 6.17. The Morgan fingerprint density at radius 2 is 1.69 bits per heavy atom. The molecule has 0 N–H and O–H groups in total. The normalized spacial score (nSPS) is 14.5. The standard InChI is InChI=1S/C31H21ClFNO5/c1-37-26-15-19(7-13-25(26)38-17-18-5-3-2-4-6-18)28-27-29(35)23-16-20(32)8-14-24(23)39-30(27)31(36)34(28)22-11-9-21(33)10-12-22/h2-16,28H,17H2,1H3. The molecule has 1 aliphatic rings. The van der Waals surface area contributed by atoms with Gasteiger partial charge in [-0.3, -0.25) is 14.5 Å². The van der Waals surface area contributed by atoms with Crippen molar-refractivity contribution in [3.63, 3.8) is 0 Å². The molecule has 1 unspecified atom stereocenters. The Balaban J connectivity index is 1.49. The lowest BCUT2D eigenvalue weighted by molar-refractivity contribution is 0.0971. The van der Waals surface area contributed by atoms with Gasteiger partial charge in [0.25, 0.3) is 5.91 Å². The molecule has 0 radical (unpaired) electrons. The summed E-state index contributed by atoms with van der Waals surface area (Å²) in [5, 5.41) is 0.627. The SMILES string of the molecule is COc1cc(C2c3c(oc4ccc(Cl)cc4c3=O)C(=O)N2c2ccc(F)cc2)ccc1OCc1ccccc1. The second-order valence-electron chi connectivity index (χ2n) is 9.05. The first-order valence-corrected chi connectivity index (χ1v) is 12.5. The van der Waals surface area contributed by atoms with E-state index >= 15 is 0 Å². The van der Waals surface area contributed by atoms with E-state index in [-0.39, 0.29) is 27.7 Å². The molecule has 6 rings (SSSR count). The summed E-state index contributed by atoms with van der Waals surface area (Å²) < 4.78 is 31.4. The summed E-state index contributed by atoms with van der Waals surface area (Å²) in [7, 11) is 1.52. The molecule has 1 amide bonds. The van der Waals surface area contributed by atoms with Gasteiger partial charge in [0.2, 0.25) is 5.76 Å². The molecule has 6 nitrogen and oxygen atoms in total. The number of rotatable bonds is 6. The smallest absolute Gasteiger partial charge is 0.295 e. The molecular formula is C31H21ClFNO5. The summed E-state index contributed by atoms with van der Waals surface area (Å²) in [5.41, 5.74) is 2.02. The van der Waals surface area contributed by atoms with Crippen molar-refractivity contribution < 1.29 is 23.1 Å². The molecule has 0 bridgehead atoms. The molecule has 39 heavy (non-hydrogen) atoms. The molecular weight excluding hydrogens is 521 g/mol. The first-order chi connectivity index (χ1) is 18.9. The Hall–Kier alpha value is -4.62. The molecule has 1 atom stereocenters. The zero-order valence-electron chi connectivity index (χ0n) is 20.7. The van der Waals surface area contributed by atoms with E-state index in [1.807, 2.05) is 30.3 Å². The van der Waals surface area contributed by atoms with Gasteiger partial charge < -0.3 is 13.9 Å². The van der Waals surface area contributed by atoms with E-state index < -0.39 is 17.8 Å². The molecule has 5 aromatic rings. The predicted octanol–water partition coefficient (Wildman–Crippen LogP) is 6.92. The maximum absolute atomic E-state index is 13.8. The van der Waals surface area contributed by atoms with E-state index in [2.05, 4.69) is 0 Å². The van der Waals surface area contributed by atoms with Gasteiger partial charge in [-0.15, -0.1) is 0 Å². The van der Waals surface area contributed by atoms with Gasteiger partial charge in [0.05, 0.1) is 24.1 Å². The van der Waals surface area contributed by atoms with Crippen LogP contribution in [0.15, 0.2) is 100 Å². The average Bonchev–Trinajstić information content (AvgIpc) is 3.25. The third-order valence-electron chi connectivity index (χ3n) is 6.68. The summed E-state index contributed by atoms with van der Waals surface area (Å²) in [5.74, 6) is -0.112. The Labute approximate surface area is 227 Å². The number of carbonyl (C=O) groups is 1. The van der Waals surface area contributed by atoms with Crippen LogP contribution in [0.4, 0.5) is 10.1 Å². The highest BCUT2D eigenvalue weighted by Gasteiger charge is 2.44. The van der Waals surface area contributed by atoms with Crippen molar-refractivity contribution in [2.75, 3.05) is 12.0 Å². The van der Waals surface area contributed by atoms with Gasteiger partial charge in [0.15, 0.2) is 16.9 Å². The minimum Gasteiger partial charge on any atom is -0.493 e. The van der Waals surface area contributed by atoms with E-state index in [4.69, 9.17) is 25.5 Å². The van der Waals surface area contributed by atoms with Crippen LogP contribution in [-0.2, 0) is 6.61 Å². The van der Waals surface area contributed by atoms with Crippen LogP contribution in [0.5, 0.6) is 11.5 Å². The number of hydrogen-bond acceptors (Lipinski definition) is 5. The fraction of sp³-hybridized carbons (Fsp3) is 0.0968. The molecule has 4 aromatic carbocycles. The van der Waals surface area contributed by atoms with Gasteiger partial charge in [0, 0.05) is 10.7 Å². The minimum atomic E-state index is -0.866. The lowest BCUT2D eigenvalue weighted by atomic mass is 9.97. The van der Waals surface area contributed by atoms with Crippen LogP contribution in [-0.4, -0.2) is 13.0 Å². The van der Waals surface area contributed by atoms with Gasteiger partial charge in [-0.25, -0.2) is 4.39 Å². The number of anilines is 1. The number of methoxy groups -OCH3 is 1. The van der Waals surface area contributed by atoms with E-state index in [0.29, 0.717) is 34.4 Å². The van der Waals surface area contributed by atoms with Crippen LogP contribution in [0.25, 0.3) is 11.0 Å². The quantitative estimate of drug-likeness (QED) is 0.233. The molecule has 1 aromatic heterocycles. The molecule has 0 fully saturated rings. The van der Waals surface area contributed by atoms with Crippen molar-refractivity contribution >= 4 is 34.2 Å². The summed E-state index contributed by atoms with van der Waals surface area (Å²) in [6, 6.07) is 24.2. The molecule has 2 heterocycles. The maximum Gasteiger partial charge on any atom is 0.295 e. The molecule has 0 spiro atoms. The van der Waals surface area contributed by atoms with Gasteiger partial charge >= 0.3 is 0 Å².